The van der Waals surface area contributed by atoms with E-state index in [0.29, 0.717) is 19.6 Å². The van der Waals surface area contributed by atoms with Crippen molar-refractivity contribution in [2.45, 2.75) is 26.1 Å². The molecule has 0 saturated carbocycles. The van der Waals surface area contributed by atoms with Crippen molar-refractivity contribution in [3.63, 3.8) is 0 Å². The van der Waals surface area contributed by atoms with Gasteiger partial charge in [0.05, 0.1) is 13.2 Å². The van der Waals surface area contributed by atoms with Crippen molar-refractivity contribution < 1.29 is 14.3 Å². The van der Waals surface area contributed by atoms with Crippen LogP contribution in [0, 0.1) is 0 Å². The van der Waals surface area contributed by atoms with Gasteiger partial charge in [0, 0.05) is 11.6 Å². The summed E-state index contributed by atoms with van der Waals surface area (Å²) >= 11 is 5.13. The van der Waals surface area contributed by atoms with E-state index in [1.54, 1.807) is 0 Å². The molecular formula is C12H15ClO3. The molecule has 3 nitrogen and oxygen atoms in total. The van der Waals surface area contributed by atoms with Gasteiger partial charge in [0.25, 0.3) is 0 Å². The van der Waals surface area contributed by atoms with Crippen molar-refractivity contribution in [1.82, 2.24) is 0 Å². The van der Waals surface area contributed by atoms with Crippen molar-refractivity contribution >= 4 is 17.0 Å². The van der Waals surface area contributed by atoms with Crippen LogP contribution in [-0.4, -0.2) is 18.1 Å². The second-order valence-electron chi connectivity index (χ2n) is 3.39. The number of benzene rings is 1. The Hall–Kier alpha value is -1.06. The first kappa shape index (κ1) is 13.0. The van der Waals surface area contributed by atoms with E-state index in [0.717, 1.165) is 5.56 Å². The lowest BCUT2D eigenvalue weighted by molar-refractivity contribution is 0.0207. The minimum atomic E-state index is -0.782. The van der Waals surface area contributed by atoms with Crippen LogP contribution in [0.25, 0.3) is 0 Å². The summed E-state index contributed by atoms with van der Waals surface area (Å²) in [7, 11) is 0. The monoisotopic (exact) mass is 242 g/mol. The molecule has 1 unspecified atom stereocenters. The highest BCUT2D eigenvalue weighted by atomic mass is 35.5. The van der Waals surface area contributed by atoms with Crippen molar-refractivity contribution in [2.75, 3.05) is 6.61 Å². The maximum absolute atomic E-state index is 10.5. The largest absolute Gasteiger partial charge is 0.448 e. The number of ether oxygens (including phenoxy) is 2. The first-order valence-electron chi connectivity index (χ1n) is 5.20. The van der Waals surface area contributed by atoms with Crippen LogP contribution in [0.4, 0.5) is 4.79 Å². The fourth-order valence-electron chi connectivity index (χ4n) is 1.25. The van der Waals surface area contributed by atoms with E-state index < -0.39 is 5.43 Å². The average Bonchev–Trinajstić information content (AvgIpc) is 2.28. The molecular weight excluding hydrogens is 228 g/mol. The van der Waals surface area contributed by atoms with Crippen LogP contribution >= 0.6 is 11.6 Å². The second kappa shape index (κ2) is 7.25. The normalized spacial score (nSPS) is 12.1. The molecule has 0 aromatic heterocycles. The lowest BCUT2D eigenvalue weighted by Gasteiger charge is -2.14. The quantitative estimate of drug-likeness (QED) is 0.718. The summed E-state index contributed by atoms with van der Waals surface area (Å²) in [6, 6.07) is 9.82. The van der Waals surface area contributed by atoms with Gasteiger partial charge in [-0.2, -0.15) is 0 Å². The van der Waals surface area contributed by atoms with Gasteiger partial charge < -0.3 is 9.47 Å². The molecule has 0 aliphatic heterocycles. The molecule has 0 amide bonds. The molecule has 1 atom stereocenters. The number of hydrogen-bond donors (Lipinski definition) is 0. The van der Waals surface area contributed by atoms with Gasteiger partial charge in [0.15, 0.2) is 0 Å². The van der Waals surface area contributed by atoms with Crippen LogP contribution in [0.1, 0.15) is 18.9 Å². The highest BCUT2D eigenvalue weighted by molar-refractivity contribution is 6.61. The lowest BCUT2D eigenvalue weighted by Crippen LogP contribution is -2.20. The molecule has 4 heteroatoms. The molecule has 16 heavy (non-hydrogen) atoms. The van der Waals surface area contributed by atoms with Gasteiger partial charge in [-0.1, -0.05) is 37.3 Å². The van der Waals surface area contributed by atoms with Crippen LogP contribution in [0.5, 0.6) is 0 Å². The molecule has 88 valence electrons. The predicted octanol–water partition coefficient (Wildman–Crippen LogP) is 3.36. The zero-order valence-corrected chi connectivity index (χ0v) is 9.94. The van der Waals surface area contributed by atoms with Gasteiger partial charge in [0.1, 0.15) is 6.10 Å². The molecule has 0 saturated heterocycles. The number of carbonyl (C=O) groups is 1. The first-order valence-corrected chi connectivity index (χ1v) is 5.58. The Balaban J connectivity index is 2.26. The topological polar surface area (TPSA) is 35.5 Å². The summed E-state index contributed by atoms with van der Waals surface area (Å²) in [5.74, 6) is 0. The Morgan fingerprint density at radius 1 is 1.38 bits per heavy atom. The fraction of sp³-hybridized carbons (Fsp3) is 0.417. The van der Waals surface area contributed by atoms with Crippen LogP contribution in [-0.2, 0) is 16.1 Å². The third-order valence-electron chi connectivity index (χ3n) is 2.13. The van der Waals surface area contributed by atoms with E-state index >= 15 is 0 Å². The Morgan fingerprint density at radius 3 is 2.62 bits per heavy atom. The molecule has 1 rings (SSSR count). The van der Waals surface area contributed by atoms with Gasteiger partial charge in [0.2, 0.25) is 0 Å². The molecule has 0 aliphatic carbocycles. The highest BCUT2D eigenvalue weighted by Gasteiger charge is 2.10. The van der Waals surface area contributed by atoms with Crippen LogP contribution in [0.2, 0.25) is 0 Å². The highest BCUT2D eigenvalue weighted by Crippen LogP contribution is 2.05. The molecule has 1 aromatic rings. The van der Waals surface area contributed by atoms with E-state index in [9.17, 15) is 4.79 Å². The van der Waals surface area contributed by atoms with Crippen molar-refractivity contribution in [3.05, 3.63) is 35.9 Å². The maximum Gasteiger partial charge on any atom is 0.404 e. The second-order valence-corrected chi connectivity index (χ2v) is 3.70. The van der Waals surface area contributed by atoms with Crippen LogP contribution < -0.4 is 0 Å². The number of rotatable bonds is 6. The van der Waals surface area contributed by atoms with Crippen LogP contribution in [0.3, 0.4) is 0 Å². The van der Waals surface area contributed by atoms with Gasteiger partial charge >= 0.3 is 5.43 Å². The van der Waals surface area contributed by atoms with E-state index in [1.165, 1.54) is 0 Å². The minimum Gasteiger partial charge on any atom is -0.448 e. The molecule has 1 aromatic carbocycles. The van der Waals surface area contributed by atoms with Gasteiger partial charge in [-0.3, -0.25) is 0 Å². The van der Waals surface area contributed by atoms with E-state index in [2.05, 4.69) is 0 Å². The third kappa shape index (κ3) is 5.14. The van der Waals surface area contributed by atoms with Crippen LogP contribution in [0.15, 0.2) is 30.3 Å². The molecule has 0 N–H and O–H groups in total. The summed E-state index contributed by atoms with van der Waals surface area (Å²) in [5, 5.41) is 0. The van der Waals surface area contributed by atoms with Gasteiger partial charge in [-0.25, -0.2) is 4.79 Å². The Kier molecular flexibility index (Phi) is 5.90. The summed E-state index contributed by atoms with van der Waals surface area (Å²) in [6.45, 7) is 2.79. The Bertz CT molecular complexity index is 313. The maximum atomic E-state index is 10.5. The van der Waals surface area contributed by atoms with Gasteiger partial charge in [-0.05, 0) is 12.0 Å². The zero-order chi connectivity index (χ0) is 11.8. The summed E-state index contributed by atoms with van der Waals surface area (Å²) < 4.78 is 10.3. The standard InChI is InChI=1S/C12H15ClO3/c1-2-11(16-12(13)14)9-15-8-10-6-4-3-5-7-10/h3-7,11H,2,8-9H2,1H3. The first-order chi connectivity index (χ1) is 7.72. The predicted molar refractivity (Wildman–Crippen MR) is 62.5 cm³/mol. The minimum absolute atomic E-state index is 0.270. The molecule has 0 spiro atoms. The summed E-state index contributed by atoms with van der Waals surface area (Å²) in [6.07, 6.45) is 0.418. The van der Waals surface area contributed by atoms with Crippen molar-refractivity contribution in [2.24, 2.45) is 0 Å². The third-order valence-corrected chi connectivity index (χ3v) is 2.22. The van der Waals surface area contributed by atoms with Crippen molar-refractivity contribution in [3.8, 4) is 0 Å². The summed E-state index contributed by atoms with van der Waals surface area (Å²) in [5.41, 5.74) is 0.310. The average molecular weight is 243 g/mol. The zero-order valence-electron chi connectivity index (χ0n) is 9.19. The fourth-order valence-corrected chi connectivity index (χ4v) is 1.37. The molecule has 0 radical (unpaired) electrons. The number of hydrogen-bond acceptors (Lipinski definition) is 3. The number of carbonyl (C=O) groups excluding carboxylic acids is 1. The van der Waals surface area contributed by atoms with E-state index in [-0.39, 0.29) is 6.10 Å². The Morgan fingerprint density at radius 2 is 2.06 bits per heavy atom. The van der Waals surface area contributed by atoms with Gasteiger partial charge in [-0.15, -0.1) is 0 Å². The lowest BCUT2D eigenvalue weighted by atomic mass is 10.2. The molecule has 0 aliphatic rings. The number of halogens is 1. The molecule has 0 heterocycles. The smallest absolute Gasteiger partial charge is 0.404 e. The van der Waals surface area contributed by atoms with E-state index in [1.807, 2.05) is 37.3 Å². The molecule has 0 fully saturated rings. The molecule has 0 bridgehead atoms. The Labute approximate surface area is 100 Å². The van der Waals surface area contributed by atoms with E-state index in [4.69, 9.17) is 21.1 Å². The van der Waals surface area contributed by atoms with Crippen molar-refractivity contribution in [1.29, 1.82) is 0 Å². The SMILES string of the molecule is CCC(COCc1ccccc1)OC(=O)Cl. The summed E-state index contributed by atoms with van der Waals surface area (Å²) in [4.78, 5) is 10.5.